The van der Waals surface area contributed by atoms with Gasteiger partial charge in [0.25, 0.3) is 0 Å². The number of nitrogens with zero attached hydrogens (tertiary/aromatic N) is 2. The van der Waals surface area contributed by atoms with Gasteiger partial charge in [-0.25, -0.2) is 4.79 Å². The van der Waals surface area contributed by atoms with Gasteiger partial charge in [0.05, 0.1) is 19.9 Å². The maximum absolute atomic E-state index is 12.6. The number of nitrogens with one attached hydrogen (secondary N) is 3. The molecule has 2 atom stereocenters. The zero-order chi connectivity index (χ0) is 21.5. The Morgan fingerprint density at radius 2 is 2.00 bits per heavy atom. The van der Waals surface area contributed by atoms with E-state index in [2.05, 4.69) is 25.8 Å². The Morgan fingerprint density at radius 3 is 2.63 bits per heavy atom. The number of likely N-dealkylation sites (tertiary alicyclic amines) is 1. The van der Waals surface area contributed by atoms with E-state index in [-0.39, 0.29) is 23.9 Å². The second-order valence-corrected chi connectivity index (χ2v) is 7.57. The van der Waals surface area contributed by atoms with Crippen LogP contribution >= 0.6 is 11.6 Å². The van der Waals surface area contributed by atoms with Crippen molar-refractivity contribution in [3.63, 3.8) is 0 Å². The number of carbonyl (C=O) groups excluding carboxylic acids is 2. The van der Waals surface area contributed by atoms with Gasteiger partial charge in [0.1, 0.15) is 5.75 Å². The van der Waals surface area contributed by atoms with Crippen LogP contribution in [-0.4, -0.2) is 61.7 Å². The van der Waals surface area contributed by atoms with E-state index in [9.17, 15) is 9.59 Å². The van der Waals surface area contributed by atoms with Crippen molar-refractivity contribution >= 4 is 29.2 Å². The molecule has 2 heterocycles. The first-order valence-corrected chi connectivity index (χ1v) is 10.1. The summed E-state index contributed by atoms with van der Waals surface area (Å²) in [6.45, 7) is 1.62. The van der Waals surface area contributed by atoms with E-state index in [0.717, 1.165) is 5.69 Å². The lowest BCUT2D eigenvalue weighted by atomic mass is 9.88. The molecule has 0 aliphatic carbocycles. The van der Waals surface area contributed by atoms with Gasteiger partial charge in [-0.05, 0) is 42.8 Å². The standard InChI is InChI=1S/C21H26ClN5O3/c1-23-20(28)13-27-10-9-19(17(12-27)18-8-7-16(30-2)11-24-18)26-21(29)25-15-5-3-14(22)4-6-15/h3-8,11,17,19H,9-10,12-13H2,1-2H3,(H,23,28)(H2,25,26,29). The molecule has 8 nitrogen and oxygen atoms in total. The summed E-state index contributed by atoms with van der Waals surface area (Å²) >= 11 is 5.90. The zero-order valence-electron chi connectivity index (χ0n) is 17.0. The van der Waals surface area contributed by atoms with Gasteiger partial charge in [-0.3, -0.25) is 14.7 Å². The molecule has 1 aromatic carbocycles. The summed E-state index contributed by atoms with van der Waals surface area (Å²) in [7, 11) is 3.22. The molecule has 1 aliphatic rings. The molecule has 2 aromatic rings. The van der Waals surface area contributed by atoms with Crippen LogP contribution in [0.25, 0.3) is 0 Å². The fourth-order valence-electron chi connectivity index (χ4n) is 3.52. The largest absolute Gasteiger partial charge is 0.495 e. The zero-order valence-corrected chi connectivity index (χ0v) is 17.8. The summed E-state index contributed by atoms with van der Waals surface area (Å²) in [6, 6.07) is 10.3. The number of likely N-dealkylation sites (N-methyl/N-ethyl adjacent to an activating group) is 1. The number of benzene rings is 1. The maximum atomic E-state index is 12.6. The van der Waals surface area contributed by atoms with Gasteiger partial charge in [0.15, 0.2) is 0 Å². The van der Waals surface area contributed by atoms with E-state index >= 15 is 0 Å². The second kappa shape index (κ2) is 10.3. The molecule has 30 heavy (non-hydrogen) atoms. The highest BCUT2D eigenvalue weighted by Gasteiger charge is 2.33. The monoisotopic (exact) mass is 431 g/mol. The number of hydrogen-bond acceptors (Lipinski definition) is 5. The highest BCUT2D eigenvalue weighted by atomic mass is 35.5. The van der Waals surface area contributed by atoms with Gasteiger partial charge in [0.2, 0.25) is 5.91 Å². The Morgan fingerprint density at radius 1 is 1.23 bits per heavy atom. The molecule has 9 heteroatoms. The average Bonchev–Trinajstić information content (AvgIpc) is 2.76. The molecule has 3 rings (SSSR count). The van der Waals surface area contributed by atoms with Crippen LogP contribution in [0.4, 0.5) is 10.5 Å². The van der Waals surface area contributed by atoms with Crippen LogP contribution < -0.4 is 20.7 Å². The number of pyridine rings is 1. The first-order chi connectivity index (χ1) is 14.5. The molecule has 0 spiro atoms. The topological polar surface area (TPSA) is 95.6 Å². The second-order valence-electron chi connectivity index (χ2n) is 7.14. The first kappa shape index (κ1) is 21.9. The summed E-state index contributed by atoms with van der Waals surface area (Å²) in [4.78, 5) is 31.0. The lowest BCUT2D eigenvalue weighted by molar-refractivity contribution is -0.122. The van der Waals surface area contributed by atoms with Crippen molar-refractivity contribution < 1.29 is 14.3 Å². The number of rotatable bonds is 6. The van der Waals surface area contributed by atoms with E-state index in [1.165, 1.54) is 0 Å². The number of piperidine rings is 1. The molecule has 1 saturated heterocycles. The number of methoxy groups -OCH3 is 1. The fourth-order valence-corrected chi connectivity index (χ4v) is 3.64. The van der Waals surface area contributed by atoms with Crippen molar-refractivity contribution in [1.82, 2.24) is 20.5 Å². The normalized spacial score (nSPS) is 19.0. The summed E-state index contributed by atoms with van der Waals surface area (Å²) in [6.07, 6.45) is 2.36. The van der Waals surface area contributed by atoms with E-state index < -0.39 is 0 Å². The smallest absolute Gasteiger partial charge is 0.319 e. The van der Waals surface area contributed by atoms with E-state index in [0.29, 0.717) is 42.5 Å². The van der Waals surface area contributed by atoms with Crippen LogP contribution in [0.5, 0.6) is 5.75 Å². The summed E-state index contributed by atoms with van der Waals surface area (Å²) in [5.41, 5.74) is 1.50. The number of urea groups is 1. The Labute approximate surface area is 181 Å². The molecule has 2 unspecified atom stereocenters. The molecule has 0 saturated carbocycles. The highest BCUT2D eigenvalue weighted by molar-refractivity contribution is 6.30. The van der Waals surface area contributed by atoms with E-state index in [1.807, 2.05) is 12.1 Å². The van der Waals surface area contributed by atoms with Crippen molar-refractivity contribution in [1.29, 1.82) is 0 Å². The molecular formula is C21H26ClN5O3. The number of hydrogen-bond donors (Lipinski definition) is 3. The number of anilines is 1. The van der Waals surface area contributed by atoms with Gasteiger partial charge in [-0.1, -0.05) is 11.6 Å². The first-order valence-electron chi connectivity index (χ1n) is 9.74. The fraction of sp³-hybridized carbons (Fsp3) is 0.381. The molecule has 160 valence electrons. The van der Waals surface area contributed by atoms with Crippen molar-refractivity contribution in [2.75, 3.05) is 39.1 Å². The quantitative estimate of drug-likeness (QED) is 0.653. The van der Waals surface area contributed by atoms with Crippen LogP contribution in [0.3, 0.4) is 0 Å². The predicted molar refractivity (Wildman–Crippen MR) is 116 cm³/mol. The number of amides is 3. The van der Waals surface area contributed by atoms with Crippen molar-refractivity contribution in [3.8, 4) is 5.75 Å². The van der Waals surface area contributed by atoms with Crippen molar-refractivity contribution in [2.45, 2.75) is 18.4 Å². The molecule has 0 radical (unpaired) electrons. The molecular weight excluding hydrogens is 406 g/mol. The lowest BCUT2D eigenvalue weighted by Crippen LogP contribution is -2.52. The number of carbonyl (C=O) groups is 2. The third-order valence-corrected chi connectivity index (χ3v) is 5.39. The van der Waals surface area contributed by atoms with Crippen LogP contribution in [0.15, 0.2) is 42.6 Å². The Bertz CT molecular complexity index is 860. The van der Waals surface area contributed by atoms with Gasteiger partial charge < -0.3 is 20.7 Å². The SMILES string of the molecule is CNC(=O)CN1CCC(NC(=O)Nc2ccc(Cl)cc2)C(c2ccc(OC)cn2)C1. The number of halogens is 1. The van der Waals surface area contributed by atoms with Gasteiger partial charge in [0, 0.05) is 48.5 Å². The summed E-state index contributed by atoms with van der Waals surface area (Å²) in [5, 5.41) is 9.16. The molecule has 3 amide bonds. The van der Waals surface area contributed by atoms with Crippen LogP contribution in [0.1, 0.15) is 18.0 Å². The van der Waals surface area contributed by atoms with Gasteiger partial charge in [-0.2, -0.15) is 0 Å². The van der Waals surface area contributed by atoms with Crippen LogP contribution in [-0.2, 0) is 4.79 Å². The third-order valence-electron chi connectivity index (χ3n) is 5.14. The Kier molecular flexibility index (Phi) is 7.48. The van der Waals surface area contributed by atoms with Gasteiger partial charge >= 0.3 is 6.03 Å². The predicted octanol–water partition coefficient (Wildman–Crippen LogP) is 2.47. The lowest BCUT2D eigenvalue weighted by Gasteiger charge is -2.38. The molecule has 1 aliphatic heterocycles. The van der Waals surface area contributed by atoms with Crippen molar-refractivity contribution in [3.05, 3.63) is 53.3 Å². The van der Waals surface area contributed by atoms with Gasteiger partial charge in [-0.15, -0.1) is 0 Å². The molecule has 3 N–H and O–H groups in total. The minimum absolute atomic E-state index is 0.0386. The number of aromatic nitrogens is 1. The molecule has 1 aromatic heterocycles. The Hall–Kier alpha value is -2.84. The summed E-state index contributed by atoms with van der Waals surface area (Å²) < 4.78 is 5.20. The molecule has 1 fully saturated rings. The van der Waals surface area contributed by atoms with E-state index in [4.69, 9.17) is 16.3 Å². The third kappa shape index (κ3) is 5.84. The van der Waals surface area contributed by atoms with Crippen LogP contribution in [0.2, 0.25) is 5.02 Å². The number of ether oxygens (including phenoxy) is 1. The minimum Gasteiger partial charge on any atom is -0.495 e. The van der Waals surface area contributed by atoms with E-state index in [1.54, 1.807) is 44.6 Å². The molecule has 0 bridgehead atoms. The Balaban J connectivity index is 1.71. The average molecular weight is 432 g/mol. The van der Waals surface area contributed by atoms with Crippen molar-refractivity contribution in [2.24, 2.45) is 0 Å². The van der Waals surface area contributed by atoms with Crippen LogP contribution in [0, 0.1) is 0 Å². The maximum Gasteiger partial charge on any atom is 0.319 e. The summed E-state index contributed by atoms with van der Waals surface area (Å²) in [5.74, 6) is 0.565. The minimum atomic E-state index is -0.291. The highest BCUT2D eigenvalue weighted by Crippen LogP contribution is 2.27.